The molecule has 1 unspecified atom stereocenters. The van der Waals surface area contributed by atoms with Gasteiger partial charge in [-0.25, -0.2) is 4.68 Å². The molecule has 0 aliphatic heterocycles. The summed E-state index contributed by atoms with van der Waals surface area (Å²) in [6.45, 7) is -0.0615. The summed E-state index contributed by atoms with van der Waals surface area (Å²) < 4.78 is 1.36. The van der Waals surface area contributed by atoms with Crippen LogP contribution in [-0.4, -0.2) is 43.3 Å². The van der Waals surface area contributed by atoms with E-state index in [0.717, 1.165) is 0 Å². The summed E-state index contributed by atoms with van der Waals surface area (Å²) in [6, 6.07) is 6.32. The highest BCUT2D eigenvalue weighted by Crippen LogP contribution is 2.16. The number of tetrazole rings is 1. The second-order valence-electron chi connectivity index (χ2n) is 5.62. The van der Waals surface area contributed by atoms with Gasteiger partial charge in [-0.15, -0.1) is 5.10 Å². The molecule has 25 heavy (non-hydrogen) atoms. The van der Waals surface area contributed by atoms with Crippen LogP contribution in [-0.2, 0) is 11.3 Å². The second-order valence-corrected chi connectivity index (χ2v) is 6.06. The van der Waals surface area contributed by atoms with Gasteiger partial charge in [-0.3, -0.25) is 4.79 Å². The van der Waals surface area contributed by atoms with Gasteiger partial charge in [-0.1, -0.05) is 24.4 Å². The Hall–Kier alpha value is -2.01. The quantitative estimate of drug-likeness (QED) is 0.376. The molecular formula is C14H20BClN6O3. The van der Waals surface area contributed by atoms with Crippen molar-refractivity contribution in [3.05, 3.63) is 35.1 Å². The van der Waals surface area contributed by atoms with Crippen molar-refractivity contribution in [2.24, 2.45) is 5.73 Å². The first-order valence-electron chi connectivity index (χ1n) is 7.89. The van der Waals surface area contributed by atoms with Crippen LogP contribution in [0.5, 0.6) is 0 Å². The van der Waals surface area contributed by atoms with Crippen molar-refractivity contribution in [3.63, 3.8) is 0 Å². The second kappa shape index (κ2) is 9.47. The van der Waals surface area contributed by atoms with E-state index < -0.39 is 13.2 Å². The van der Waals surface area contributed by atoms with Crippen molar-refractivity contribution in [1.29, 1.82) is 0 Å². The standard InChI is InChI=1S/C14H20BClN6O3/c16-10-4-6-11(7-5-10)18-13(23)9-22-14(19-20-21-22)12(17)3-1-2-8-15(24)25/h4-7,12,24-25H,1-3,8-9,17H2,(H,18,23). The molecule has 0 aliphatic carbocycles. The monoisotopic (exact) mass is 366 g/mol. The van der Waals surface area contributed by atoms with Gasteiger partial charge in [0.15, 0.2) is 5.82 Å². The van der Waals surface area contributed by atoms with Crippen LogP contribution >= 0.6 is 11.6 Å². The first kappa shape index (κ1) is 19.3. The Labute approximate surface area is 150 Å². The molecule has 1 amide bonds. The molecule has 5 N–H and O–H groups in total. The van der Waals surface area contributed by atoms with E-state index in [1.165, 1.54) is 4.68 Å². The molecule has 1 heterocycles. The molecule has 9 nitrogen and oxygen atoms in total. The summed E-state index contributed by atoms with van der Waals surface area (Å²) >= 11 is 5.80. The summed E-state index contributed by atoms with van der Waals surface area (Å²) in [4.78, 5) is 12.1. The fraction of sp³-hybridized carbons (Fsp3) is 0.429. The first-order chi connectivity index (χ1) is 12.0. The van der Waals surface area contributed by atoms with Gasteiger partial charge in [0, 0.05) is 10.7 Å². The molecule has 1 aromatic heterocycles. The van der Waals surface area contributed by atoms with E-state index in [0.29, 0.717) is 42.1 Å². The largest absolute Gasteiger partial charge is 0.451 e. The molecule has 0 saturated heterocycles. The van der Waals surface area contributed by atoms with Gasteiger partial charge in [0.2, 0.25) is 5.91 Å². The topological polar surface area (TPSA) is 139 Å². The fourth-order valence-corrected chi connectivity index (χ4v) is 2.41. The van der Waals surface area contributed by atoms with Crippen LogP contribution in [0.4, 0.5) is 5.69 Å². The van der Waals surface area contributed by atoms with E-state index in [1.54, 1.807) is 24.3 Å². The number of carbonyl (C=O) groups is 1. The molecule has 1 atom stereocenters. The maximum absolute atomic E-state index is 12.1. The number of nitrogens with two attached hydrogens (primary N) is 1. The molecule has 0 aliphatic rings. The number of hydrogen-bond donors (Lipinski definition) is 4. The summed E-state index contributed by atoms with van der Waals surface area (Å²) in [5, 5.41) is 32.2. The predicted octanol–water partition coefficient (Wildman–Crippen LogP) is 0.608. The van der Waals surface area contributed by atoms with Gasteiger partial charge in [0.25, 0.3) is 0 Å². The maximum Gasteiger partial charge on any atom is 0.451 e. The molecular weight excluding hydrogens is 346 g/mol. The van der Waals surface area contributed by atoms with E-state index >= 15 is 0 Å². The number of carbonyl (C=O) groups excluding carboxylic acids is 1. The van der Waals surface area contributed by atoms with Crippen LogP contribution in [0.2, 0.25) is 11.3 Å². The van der Waals surface area contributed by atoms with Crippen molar-refractivity contribution in [3.8, 4) is 0 Å². The Morgan fingerprint density at radius 1 is 1.32 bits per heavy atom. The van der Waals surface area contributed by atoms with E-state index in [1.807, 2.05) is 0 Å². The highest BCUT2D eigenvalue weighted by Gasteiger charge is 2.17. The summed E-state index contributed by atoms with van der Waals surface area (Å²) in [6.07, 6.45) is 2.19. The molecule has 1 aromatic carbocycles. The molecule has 2 aromatic rings. The van der Waals surface area contributed by atoms with Gasteiger partial charge in [-0.2, -0.15) is 0 Å². The van der Waals surface area contributed by atoms with Gasteiger partial charge < -0.3 is 21.1 Å². The highest BCUT2D eigenvalue weighted by atomic mass is 35.5. The van der Waals surface area contributed by atoms with Gasteiger partial charge in [0.1, 0.15) is 6.54 Å². The minimum absolute atomic E-state index is 0.0615. The summed E-state index contributed by atoms with van der Waals surface area (Å²) in [5.41, 5.74) is 6.69. The number of benzene rings is 1. The predicted molar refractivity (Wildman–Crippen MR) is 93.7 cm³/mol. The molecule has 0 radical (unpaired) electrons. The lowest BCUT2D eigenvalue weighted by molar-refractivity contribution is -0.117. The van der Waals surface area contributed by atoms with Crippen LogP contribution in [0.25, 0.3) is 0 Å². The molecule has 134 valence electrons. The summed E-state index contributed by atoms with van der Waals surface area (Å²) in [5.74, 6) is 0.127. The van der Waals surface area contributed by atoms with E-state index in [4.69, 9.17) is 27.4 Å². The zero-order valence-electron chi connectivity index (χ0n) is 13.5. The van der Waals surface area contributed by atoms with Gasteiger partial charge in [0.05, 0.1) is 6.04 Å². The van der Waals surface area contributed by atoms with Crippen LogP contribution < -0.4 is 11.1 Å². The van der Waals surface area contributed by atoms with Crippen LogP contribution in [0, 0.1) is 0 Å². The molecule has 0 fully saturated rings. The Morgan fingerprint density at radius 2 is 2.04 bits per heavy atom. The Balaban J connectivity index is 1.87. The van der Waals surface area contributed by atoms with E-state index in [9.17, 15) is 4.79 Å². The zero-order valence-corrected chi connectivity index (χ0v) is 14.3. The number of anilines is 1. The van der Waals surface area contributed by atoms with Gasteiger partial charge >= 0.3 is 7.12 Å². The van der Waals surface area contributed by atoms with Crippen molar-refractivity contribution in [2.75, 3.05) is 5.32 Å². The SMILES string of the molecule is NC(CCCCB(O)O)c1nnnn1CC(=O)Nc1ccc(Cl)cc1. The lowest BCUT2D eigenvalue weighted by atomic mass is 9.83. The number of aromatic nitrogens is 4. The summed E-state index contributed by atoms with van der Waals surface area (Å²) in [7, 11) is -1.31. The third-order valence-corrected chi connectivity index (χ3v) is 3.79. The number of unbranched alkanes of at least 4 members (excludes halogenated alkanes) is 1. The van der Waals surface area contributed by atoms with E-state index in [-0.39, 0.29) is 12.5 Å². The molecule has 0 bridgehead atoms. The average Bonchev–Trinajstić information content (AvgIpc) is 3.01. The third kappa shape index (κ3) is 6.43. The number of nitrogens with zero attached hydrogens (tertiary/aromatic N) is 4. The van der Waals surface area contributed by atoms with Crippen molar-refractivity contribution in [1.82, 2.24) is 20.2 Å². The highest BCUT2D eigenvalue weighted by molar-refractivity contribution is 6.40. The average molecular weight is 367 g/mol. The minimum atomic E-state index is -1.31. The number of rotatable bonds is 9. The van der Waals surface area contributed by atoms with Crippen LogP contribution in [0.1, 0.15) is 31.1 Å². The molecule has 0 saturated carbocycles. The molecule has 11 heteroatoms. The first-order valence-corrected chi connectivity index (χ1v) is 8.26. The molecule has 0 spiro atoms. The Kier molecular flexibility index (Phi) is 7.32. The van der Waals surface area contributed by atoms with Crippen molar-refractivity contribution < 1.29 is 14.8 Å². The smallest absolute Gasteiger partial charge is 0.427 e. The van der Waals surface area contributed by atoms with E-state index in [2.05, 4.69) is 20.8 Å². The number of halogens is 1. The number of nitrogens with one attached hydrogen (secondary N) is 1. The maximum atomic E-state index is 12.1. The number of amides is 1. The normalized spacial score (nSPS) is 12.0. The lowest BCUT2D eigenvalue weighted by Crippen LogP contribution is -2.24. The zero-order chi connectivity index (χ0) is 18.2. The van der Waals surface area contributed by atoms with Crippen molar-refractivity contribution >= 4 is 30.3 Å². The Morgan fingerprint density at radius 3 is 2.72 bits per heavy atom. The van der Waals surface area contributed by atoms with Crippen LogP contribution in [0.15, 0.2) is 24.3 Å². The van der Waals surface area contributed by atoms with Crippen molar-refractivity contribution in [2.45, 2.75) is 38.2 Å². The minimum Gasteiger partial charge on any atom is -0.427 e. The fourth-order valence-electron chi connectivity index (χ4n) is 2.28. The molecule has 2 rings (SSSR count). The third-order valence-electron chi connectivity index (χ3n) is 3.54. The number of hydrogen-bond acceptors (Lipinski definition) is 7. The lowest BCUT2D eigenvalue weighted by Gasteiger charge is -2.11. The van der Waals surface area contributed by atoms with Gasteiger partial charge in [-0.05, 0) is 47.4 Å². The Bertz CT molecular complexity index is 681. The van der Waals surface area contributed by atoms with Crippen LogP contribution in [0.3, 0.4) is 0 Å².